The molecule has 0 radical (unpaired) electrons. The quantitative estimate of drug-likeness (QED) is 0.784. The molecule has 4 nitrogen and oxygen atoms in total. The number of nitrogens with zero attached hydrogens (tertiary/aromatic N) is 2. The molecule has 0 aliphatic rings. The Kier molecular flexibility index (Phi) is 3.93. The number of aromatic nitrogens is 2. The predicted octanol–water partition coefficient (Wildman–Crippen LogP) is 3.58. The molecule has 1 aromatic heterocycles. The van der Waals surface area contributed by atoms with Crippen molar-refractivity contribution in [3.63, 3.8) is 0 Å². The number of hydrogen-bond donors (Lipinski definition) is 1. The van der Waals surface area contributed by atoms with E-state index in [1.165, 1.54) is 16.8 Å². The van der Waals surface area contributed by atoms with Crippen molar-refractivity contribution < 1.29 is 9.50 Å². The standard InChI is InChI=1S/C19H17FN2O2/c1-11-4-5-14(13-6-8-15(20)9-7-13)10-16(11)17-18(23)12(2)21-22(3)19(17)24/h4-10,23H,1-3H3. The number of benzene rings is 2. The highest BCUT2D eigenvalue weighted by atomic mass is 19.1. The van der Waals surface area contributed by atoms with Gasteiger partial charge < -0.3 is 5.11 Å². The lowest BCUT2D eigenvalue weighted by Crippen LogP contribution is -2.22. The third-order valence-corrected chi connectivity index (χ3v) is 4.07. The summed E-state index contributed by atoms with van der Waals surface area (Å²) in [7, 11) is 1.55. The van der Waals surface area contributed by atoms with Gasteiger partial charge in [-0.3, -0.25) is 4.79 Å². The molecule has 0 unspecified atom stereocenters. The maximum Gasteiger partial charge on any atom is 0.278 e. The van der Waals surface area contributed by atoms with E-state index in [4.69, 9.17) is 0 Å². The molecule has 1 N–H and O–H groups in total. The van der Waals surface area contributed by atoms with Gasteiger partial charge in [0.1, 0.15) is 11.5 Å². The van der Waals surface area contributed by atoms with E-state index in [9.17, 15) is 14.3 Å². The van der Waals surface area contributed by atoms with Crippen molar-refractivity contribution in [3.05, 3.63) is 69.9 Å². The second kappa shape index (κ2) is 5.92. The van der Waals surface area contributed by atoms with E-state index >= 15 is 0 Å². The van der Waals surface area contributed by atoms with Gasteiger partial charge in [-0.05, 0) is 54.3 Å². The van der Waals surface area contributed by atoms with Crippen LogP contribution in [-0.2, 0) is 7.05 Å². The van der Waals surface area contributed by atoms with Crippen LogP contribution in [0.3, 0.4) is 0 Å². The van der Waals surface area contributed by atoms with Crippen LogP contribution in [0, 0.1) is 19.7 Å². The van der Waals surface area contributed by atoms with E-state index in [1.807, 2.05) is 25.1 Å². The van der Waals surface area contributed by atoms with Gasteiger partial charge in [0.15, 0.2) is 5.75 Å². The highest BCUT2D eigenvalue weighted by Crippen LogP contribution is 2.33. The average molecular weight is 324 g/mol. The third kappa shape index (κ3) is 2.69. The van der Waals surface area contributed by atoms with E-state index in [0.717, 1.165) is 16.7 Å². The highest BCUT2D eigenvalue weighted by Gasteiger charge is 2.17. The van der Waals surface area contributed by atoms with Gasteiger partial charge in [-0.15, -0.1) is 0 Å². The number of rotatable bonds is 2. The van der Waals surface area contributed by atoms with E-state index in [0.29, 0.717) is 11.3 Å². The largest absolute Gasteiger partial charge is 0.505 e. The van der Waals surface area contributed by atoms with Crippen LogP contribution in [-0.4, -0.2) is 14.9 Å². The first kappa shape index (κ1) is 15.9. The molecule has 2 aromatic carbocycles. The molecule has 0 aliphatic carbocycles. The lowest BCUT2D eigenvalue weighted by Gasteiger charge is -2.12. The smallest absolute Gasteiger partial charge is 0.278 e. The Morgan fingerprint density at radius 1 is 1.04 bits per heavy atom. The Labute approximate surface area is 138 Å². The van der Waals surface area contributed by atoms with Gasteiger partial charge in [0, 0.05) is 7.05 Å². The molecule has 0 spiro atoms. The maximum atomic E-state index is 13.1. The molecule has 0 bridgehead atoms. The molecule has 3 rings (SSSR count). The molecule has 0 aliphatic heterocycles. The summed E-state index contributed by atoms with van der Waals surface area (Å²) in [5, 5.41) is 14.3. The Morgan fingerprint density at radius 3 is 2.33 bits per heavy atom. The molecule has 1 heterocycles. The molecule has 0 saturated heterocycles. The lowest BCUT2D eigenvalue weighted by atomic mass is 9.95. The maximum absolute atomic E-state index is 13.1. The summed E-state index contributed by atoms with van der Waals surface area (Å²) in [6.45, 7) is 3.52. The Morgan fingerprint density at radius 2 is 1.67 bits per heavy atom. The molecule has 122 valence electrons. The second-order valence-corrected chi connectivity index (χ2v) is 5.77. The minimum Gasteiger partial charge on any atom is -0.505 e. The summed E-state index contributed by atoms with van der Waals surface area (Å²) in [4.78, 5) is 12.5. The van der Waals surface area contributed by atoms with Crippen molar-refractivity contribution in [1.82, 2.24) is 9.78 Å². The van der Waals surface area contributed by atoms with Gasteiger partial charge in [0.05, 0.1) is 5.56 Å². The first-order chi connectivity index (χ1) is 11.4. The SMILES string of the molecule is Cc1ccc(-c2ccc(F)cc2)cc1-c1c(O)c(C)nn(C)c1=O. The van der Waals surface area contributed by atoms with Crippen LogP contribution in [0.4, 0.5) is 4.39 Å². The molecule has 24 heavy (non-hydrogen) atoms. The summed E-state index contributed by atoms with van der Waals surface area (Å²) in [6.07, 6.45) is 0. The summed E-state index contributed by atoms with van der Waals surface area (Å²) in [5.41, 5.74) is 3.42. The zero-order chi connectivity index (χ0) is 17.4. The van der Waals surface area contributed by atoms with Gasteiger partial charge in [0.25, 0.3) is 5.56 Å². The Balaban J connectivity index is 2.25. The van der Waals surface area contributed by atoms with Gasteiger partial charge >= 0.3 is 0 Å². The van der Waals surface area contributed by atoms with Crippen molar-refractivity contribution in [3.8, 4) is 28.0 Å². The molecule has 0 fully saturated rings. The van der Waals surface area contributed by atoms with E-state index in [2.05, 4.69) is 5.10 Å². The van der Waals surface area contributed by atoms with Crippen LogP contribution >= 0.6 is 0 Å². The number of aryl methyl sites for hydroxylation is 3. The van der Waals surface area contributed by atoms with E-state index < -0.39 is 0 Å². The van der Waals surface area contributed by atoms with Crippen molar-refractivity contribution in [1.29, 1.82) is 0 Å². The molecule has 5 heteroatoms. The predicted molar refractivity (Wildman–Crippen MR) is 91.4 cm³/mol. The number of halogens is 1. The van der Waals surface area contributed by atoms with Gasteiger partial charge in [-0.1, -0.05) is 24.3 Å². The van der Waals surface area contributed by atoms with Gasteiger partial charge in [-0.2, -0.15) is 5.10 Å². The summed E-state index contributed by atoms with van der Waals surface area (Å²) >= 11 is 0. The third-order valence-electron chi connectivity index (χ3n) is 4.07. The van der Waals surface area contributed by atoms with E-state index in [1.54, 1.807) is 26.1 Å². The van der Waals surface area contributed by atoms with Crippen molar-refractivity contribution in [2.24, 2.45) is 7.05 Å². The van der Waals surface area contributed by atoms with Crippen molar-refractivity contribution in [2.45, 2.75) is 13.8 Å². The lowest BCUT2D eigenvalue weighted by molar-refractivity contribution is 0.460. The van der Waals surface area contributed by atoms with Gasteiger partial charge in [-0.25, -0.2) is 9.07 Å². The summed E-state index contributed by atoms with van der Waals surface area (Å²) in [5.74, 6) is -0.417. The second-order valence-electron chi connectivity index (χ2n) is 5.77. The Hall–Kier alpha value is -2.95. The van der Waals surface area contributed by atoms with Crippen LogP contribution in [0.2, 0.25) is 0 Å². The fourth-order valence-electron chi connectivity index (χ4n) is 2.72. The molecular weight excluding hydrogens is 307 g/mol. The zero-order valence-corrected chi connectivity index (χ0v) is 13.7. The molecule has 0 atom stereocenters. The average Bonchev–Trinajstić information content (AvgIpc) is 2.56. The minimum absolute atomic E-state index is 0.113. The fraction of sp³-hybridized carbons (Fsp3) is 0.158. The summed E-state index contributed by atoms with van der Waals surface area (Å²) < 4.78 is 14.3. The van der Waals surface area contributed by atoms with Crippen LogP contribution in [0.1, 0.15) is 11.3 Å². The van der Waals surface area contributed by atoms with Crippen LogP contribution in [0.15, 0.2) is 47.3 Å². The zero-order valence-electron chi connectivity index (χ0n) is 13.7. The molecular formula is C19H17FN2O2. The number of aromatic hydroxyl groups is 1. The topological polar surface area (TPSA) is 55.1 Å². The van der Waals surface area contributed by atoms with Crippen molar-refractivity contribution in [2.75, 3.05) is 0 Å². The first-order valence-corrected chi connectivity index (χ1v) is 7.52. The van der Waals surface area contributed by atoms with Crippen LogP contribution in [0.25, 0.3) is 22.3 Å². The van der Waals surface area contributed by atoms with E-state index in [-0.39, 0.29) is 22.7 Å². The molecule has 0 saturated carbocycles. The van der Waals surface area contributed by atoms with Crippen molar-refractivity contribution >= 4 is 0 Å². The van der Waals surface area contributed by atoms with Crippen LogP contribution < -0.4 is 5.56 Å². The van der Waals surface area contributed by atoms with Crippen LogP contribution in [0.5, 0.6) is 5.75 Å². The monoisotopic (exact) mass is 324 g/mol. The Bertz CT molecular complexity index is 976. The minimum atomic E-state index is -0.363. The fourth-order valence-corrected chi connectivity index (χ4v) is 2.72. The first-order valence-electron chi connectivity index (χ1n) is 7.52. The van der Waals surface area contributed by atoms with Gasteiger partial charge in [0.2, 0.25) is 0 Å². The summed E-state index contributed by atoms with van der Waals surface area (Å²) in [6, 6.07) is 11.8. The normalized spacial score (nSPS) is 10.8. The highest BCUT2D eigenvalue weighted by molar-refractivity contribution is 5.78. The number of hydrogen-bond acceptors (Lipinski definition) is 3. The molecule has 3 aromatic rings. The molecule has 0 amide bonds.